The lowest BCUT2D eigenvalue weighted by Crippen LogP contribution is -2.38. The number of furan rings is 1. The maximum absolute atomic E-state index is 12.3. The fourth-order valence-electron chi connectivity index (χ4n) is 2.42. The van der Waals surface area contributed by atoms with Gasteiger partial charge in [-0.3, -0.25) is 9.89 Å². The lowest BCUT2D eigenvalue weighted by molar-refractivity contribution is 0.0741. The number of sulfone groups is 1. The fourth-order valence-corrected chi connectivity index (χ4v) is 4.19. The van der Waals surface area contributed by atoms with Crippen molar-refractivity contribution in [1.29, 1.82) is 0 Å². The van der Waals surface area contributed by atoms with E-state index < -0.39 is 9.84 Å². The number of carbonyl (C=O) groups excluding carboxylic acids is 1. The van der Waals surface area contributed by atoms with Gasteiger partial charge in [0.2, 0.25) is 0 Å². The Bertz CT molecular complexity index is 748. The molecule has 1 N–H and O–H groups in total. The maximum atomic E-state index is 12.3. The third-order valence-electron chi connectivity index (χ3n) is 3.66. The maximum Gasteiger partial charge on any atom is 0.274 e. The number of nitrogens with zero attached hydrogens (tertiary/aromatic N) is 2. The highest BCUT2D eigenvalue weighted by atomic mass is 32.2. The lowest BCUT2D eigenvalue weighted by Gasteiger charge is -2.22. The molecule has 0 radical (unpaired) electrons. The van der Waals surface area contributed by atoms with Crippen LogP contribution in [0.25, 0.3) is 11.5 Å². The van der Waals surface area contributed by atoms with Crippen LogP contribution >= 0.6 is 0 Å². The van der Waals surface area contributed by atoms with Crippen molar-refractivity contribution >= 4 is 15.7 Å². The van der Waals surface area contributed by atoms with Gasteiger partial charge in [0.05, 0.1) is 17.8 Å². The van der Waals surface area contributed by atoms with Gasteiger partial charge < -0.3 is 9.32 Å². The van der Waals surface area contributed by atoms with E-state index in [4.69, 9.17) is 4.42 Å². The molecular weight excluding hydrogens is 294 g/mol. The Morgan fingerprint density at radius 1 is 1.52 bits per heavy atom. The van der Waals surface area contributed by atoms with Gasteiger partial charge in [0.1, 0.15) is 5.69 Å². The molecule has 0 aromatic carbocycles. The largest absolute Gasteiger partial charge is 0.463 e. The van der Waals surface area contributed by atoms with Crippen molar-refractivity contribution in [2.24, 2.45) is 0 Å². The molecule has 1 fully saturated rings. The molecule has 1 amide bonds. The summed E-state index contributed by atoms with van der Waals surface area (Å²) in [6.07, 6.45) is 2.01. The molecule has 3 rings (SSSR count). The quantitative estimate of drug-likeness (QED) is 0.909. The first-order valence-corrected chi connectivity index (χ1v) is 8.35. The Balaban J connectivity index is 1.76. The Labute approximate surface area is 121 Å². The van der Waals surface area contributed by atoms with Gasteiger partial charge in [-0.25, -0.2) is 8.42 Å². The van der Waals surface area contributed by atoms with Gasteiger partial charge in [0, 0.05) is 19.2 Å². The molecule has 7 nitrogen and oxygen atoms in total. The zero-order valence-corrected chi connectivity index (χ0v) is 12.3. The highest BCUT2D eigenvalue weighted by molar-refractivity contribution is 7.91. The standard InChI is InChI=1S/C13H15N3O4S/c1-16(9-4-6-21(18,19)8-9)13(17)11-7-10(14-15-11)12-3-2-5-20-12/h2-3,5,7,9H,4,6,8H2,1H3,(H,14,15). The summed E-state index contributed by atoms with van der Waals surface area (Å²) in [4.78, 5) is 13.8. The van der Waals surface area contributed by atoms with Gasteiger partial charge in [-0.2, -0.15) is 5.10 Å². The number of hydrogen-bond acceptors (Lipinski definition) is 5. The summed E-state index contributed by atoms with van der Waals surface area (Å²) in [7, 11) is -1.42. The molecule has 112 valence electrons. The van der Waals surface area contributed by atoms with Crippen LogP contribution in [0, 0.1) is 0 Å². The van der Waals surface area contributed by atoms with Gasteiger partial charge in [0.25, 0.3) is 5.91 Å². The number of hydrogen-bond donors (Lipinski definition) is 1. The smallest absolute Gasteiger partial charge is 0.274 e. The summed E-state index contributed by atoms with van der Waals surface area (Å²) in [5, 5.41) is 6.72. The second-order valence-corrected chi connectivity index (χ2v) is 7.35. The van der Waals surface area contributed by atoms with E-state index in [1.54, 1.807) is 25.2 Å². The molecule has 1 aliphatic rings. The van der Waals surface area contributed by atoms with E-state index in [0.717, 1.165) is 0 Å². The normalized spacial score (nSPS) is 20.5. The monoisotopic (exact) mass is 309 g/mol. The van der Waals surface area contributed by atoms with E-state index in [9.17, 15) is 13.2 Å². The number of rotatable bonds is 3. The van der Waals surface area contributed by atoms with Crippen molar-refractivity contribution in [3.63, 3.8) is 0 Å². The summed E-state index contributed by atoms with van der Waals surface area (Å²) < 4.78 is 28.2. The third kappa shape index (κ3) is 2.71. The molecule has 2 aromatic heterocycles. The first-order valence-electron chi connectivity index (χ1n) is 6.53. The van der Waals surface area contributed by atoms with Crippen molar-refractivity contribution in [2.75, 3.05) is 18.6 Å². The van der Waals surface area contributed by atoms with E-state index in [0.29, 0.717) is 17.9 Å². The predicted octanol–water partition coefficient (Wildman–Crippen LogP) is 0.929. The van der Waals surface area contributed by atoms with Crippen LogP contribution in [-0.4, -0.2) is 54.0 Å². The Morgan fingerprint density at radius 3 is 2.95 bits per heavy atom. The number of carbonyl (C=O) groups is 1. The van der Waals surface area contributed by atoms with E-state index in [2.05, 4.69) is 10.2 Å². The zero-order chi connectivity index (χ0) is 15.0. The van der Waals surface area contributed by atoms with Gasteiger partial charge in [0.15, 0.2) is 21.3 Å². The number of H-pyrrole nitrogens is 1. The molecule has 1 aliphatic heterocycles. The molecule has 3 heterocycles. The minimum atomic E-state index is -3.02. The fraction of sp³-hybridized carbons (Fsp3) is 0.385. The summed E-state index contributed by atoms with van der Waals surface area (Å²) in [6.45, 7) is 0. The molecule has 0 bridgehead atoms. The summed E-state index contributed by atoms with van der Waals surface area (Å²) in [5.74, 6) is 0.442. The third-order valence-corrected chi connectivity index (χ3v) is 5.41. The van der Waals surface area contributed by atoms with Crippen LogP contribution in [0.3, 0.4) is 0 Å². The highest BCUT2D eigenvalue weighted by Crippen LogP contribution is 2.21. The van der Waals surface area contributed by atoms with E-state index in [-0.39, 0.29) is 29.1 Å². The van der Waals surface area contributed by atoms with Gasteiger partial charge in [-0.05, 0) is 18.6 Å². The van der Waals surface area contributed by atoms with E-state index in [1.807, 2.05) is 0 Å². The Morgan fingerprint density at radius 2 is 2.33 bits per heavy atom. The first kappa shape index (κ1) is 13.9. The number of amides is 1. The van der Waals surface area contributed by atoms with E-state index >= 15 is 0 Å². The minimum Gasteiger partial charge on any atom is -0.463 e. The van der Waals surface area contributed by atoms with Crippen LogP contribution in [0.15, 0.2) is 28.9 Å². The number of nitrogens with one attached hydrogen (secondary N) is 1. The second-order valence-electron chi connectivity index (χ2n) is 5.12. The minimum absolute atomic E-state index is 0.0186. The lowest BCUT2D eigenvalue weighted by atomic mass is 10.2. The number of aromatic nitrogens is 2. The molecule has 2 aromatic rings. The molecule has 1 unspecified atom stereocenters. The summed E-state index contributed by atoms with van der Waals surface area (Å²) in [5.41, 5.74) is 0.851. The Hall–Kier alpha value is -2.09. The van der Waals surface area contributed by atoms with Crippen molar-refractivity contribution in [1.82, 2.24) is 15.1 Å². The van der Waals surface area contributed by atoms with Crippen LogP contribution in [0.5, 0.6) is 0 Å². The molecule has 21 heavy (non-hydrogen) atoms. The van der Waals surface area contributed by atoms with Crippen molar-refractivity contribution in [3.05, 3.63) is 30.2 Å². The van der Waals surface area contributed by atoms with Crippen LogP contribution in [0.1, 0.15) is 16.9 Å². The van der Waals surface area contributed by atoms with Gasteiger partial charge >= 0.3 is 0 Å². The molecule has 0 aliphatic carbocycles. The van der Waals surface area contributed by atoms with Crippen LogP contribution in [0.2, 0.25) is 0 Å². The zero-order valence-electron chi connectivity index (χ0n) is 11.4. The molecule has 0 saturated carbocycles. The van der Waals surface area contributed by atoms with Crippen molar-refractivity contribution in [2.45, 2.75) is 12.5 Å². The molecular formula is C13H15N3O4S. The first-order chi connectivity index (χ1) is 9.96. The topological polar surface area (TPSA) is 96.3 Å². The predicted molar refractivity (Wildman–Crippen MR) is 75.4 cm³/mol. The molecule has 8 heteroatoms. The highest BCUT2D eigenvalue weighted by Gasteiger charge is 2.33. The molecule has 0 spiro atoms. The van der Waals surface area contributed by atoms with Crippen molar-refractivity contribution < 1.29 is 17.6 Å². The summed E-state index contributed by atoms with van der Waals surface area (Å²) >= 11 is 0. The van der Waals surface area contributed by atoms with Crippen molar-refractivity contribution in [3.8, 4) is 11.5 Å². The summed E-state index contributed by atoms with van der Waals surface area (Å²) in [6, 6.07) is 4.81. The average Bonchev–Trinajstić information content (AvgIpc) is 3.16. The average molecular weight is 309 g/mol. The Kier molecular flexibility index (Phi) is 3.32. The number of aromatic amines is 1. The SMILES string of the molecule is CN(C(=O)c1cc(-c2ccco2)[nH]n1)C1CCS(=O)(=O)C1. The van der Waals surface area contributed by atoms with Crippen LogP contribution < -0.4 is 0 Å². The van der Waals surface area contributed by atoms with Crippen LogP contribution in [-0.2, 0) is 9.84 Å². The van der Waals surface area contributed by atoms with Gasteiger partial charge in [-0.1, -0.05) is 0 Å². The second kappa shape index (κ2) is 5.03. The molecule has 1 saturated heterocycles. The molecule has 1 atom stereocenters. The van der Waals surface area contributed by atoms with Crippen LogP contribution in [0.4, 0.5) is 0 Å². The van der Waals surface area contributed by atoms with E-state index in [1.165, 1.54) is 11.2 Å². The van der Waals surface area contributed by atoms with Gasteiger partial charge in [-0.15, -0.1) is 0 Å².